The highest BCUT2D eigenvalue weighted by molar-refractivity contribution is 5.89. The van der Waals surface area contributed by atoms with Gasteiger partial charge in [0.1, 0.15) is 30.1 Å². The minimum absolute atomic E-state index is 0.00901. The van der Waals surface area contributed by atoms with E-state index in [1.54, 1.807) is 17.2 Å². The van der Waals surface area contributed by atoms with Crippen LogP contribution in [0, 0.1) is 5.92 Å². The minimum atomic E-state index is -0.340. The van der Waals surface area contributed by atoms with Crippen LogP contribution in [0.15, 0.2) is 36.5 Å². The Labute approximate surface area is 183 Å². The molecular formula is C24H31N3O4. The van der Waals surface area contributed by atoms with Crippen LogP contribution in [-0.2, 0) is 15.9 Å². The van der Waals surface area contributed by atoms with E-state index in [1.807, 2.05) is 12.1 Å². The molecule has 0 saturated carbocycles. The van der Waals surface area contributed by atoms with Crippen molar-refractivity contribution in [3.8, 4) is 5.75 Å². The van der Waals surface area contributed by atoms with Crippen LogP contribution in [0.2, 0.25) is 0 Å². The number of hydrogen-bond donors (Lipinski definition) is 0. The minimum Gasteiger partial charge on any atom is -0.488 e. The van der Waals surface area contributed by atoms with E-state index in [0.717, 1.165) is 25.2 Å². The normalized spacial score (nSPS) is 22.5. The summed E-state index contributed by atoms with van der Waals surface area (Å²) in [6, 6.07) is 9.98. The zero-order chi connectivity index (χ0) is 21.8. The Kier molecular flexibility index (Phi) is 6.70. The molecule has 1 amide bonds. The van der Waals surface area contributed by atoms with Crippen molar-refractivity contribution in [1.29, 1.82) is 0 Å². The number of aromatic nitrogens is 2. The van der Waals surface area contributed by atoms with Crippen LogP contribution in [-0.4, -0.2) is 48.0 Å². The number of amides is 1. The maximum atomic E-state index is 12.3. The van der Waals surface area contributed by atoms with Crippen molar-refractivity contribution < 1.29 is 19.0 Å². The van der Waals surface area contributed by atoms with Gasteiger partial charge in [-0.3, -0.25) is 4.90 Å². The van der Waals surface area contributed by atoms with Crippen molar-refractivity contribution in [3.63, 3.8) is 0 Å². The second kappa shape index (κ2) is 9.64. The van der Waals surface area contributed by atoms with Gasteiger partial charge in [0, 0.05) is 19.2 Å². The SMILES string of the molecule is CC(C)[C@H]1COC(=O)N1c1ccnc(C[C@@H](C)c2cccc(OC3CCCOC3)c2)n1. The molecule has 2 fully saturated rings. The summed E-state index contributed by atoms with van der Waals surface area (Å²) < 4.78 is 16.9. The maximum absolute atomic E-state index is 12.3. The van der Waals surface area contributed by atoms with Crippen molar-refractivity contribution in [2.24, 2.45) is 5.92 Å². The maximum Gasteiger partial charge on any atom is 0.415 e. The van der Waals surface area contributed by atoms with Crippen molar-refractivity contribution >= 4 is 11.9 Å². The predicted molar refractivity (Wildman–Crippen MR) is 118 cm³/mol. The van der Waals surface area contributed by atoms with Crippen LogP contribution in [0.4, 0.5) is 10.6 Å². The highest BCUT2D eigenvalue weighted by Crippen LogP contribution is 2.28. The van der Waals surface area contributed by atoms with Gasteiger partial charge in [0.15, 0.2) is 0 Å². The highest BCUT2D eigenvalue weighted by Gasteiger charge is 2.37. The lowest BCUT2D eigenvalue weighted by molar-refractivity contribution is 0.00739. The molecule has 0 radical (unpaired) electrons. The Bertz CT molecular complexity index is 898. The molecule has 2 aliphatic heterocycles. The summed E-state index contributed by atoms with van der Waals surface area (Å²) in [5.41, 5.74) is 1.17. The molecule has 166 valence electrons. The third-order valence-corrected chi connectivity index (χ3v) is 5.95. The third kappa shape index (κ3) is 5.15. The molecule has 0 aliphatic carbocycles. The predicted octanol–water partition coefficient (Wildman–Crippen LogP) is 4.36. The fourth-order valence-corrected chi connectivity index (χ4v) is 4.09. The number of benzene rings is 1. The smallest absolute Gasteiger partial charge is 0.415 e. The third-order valence-electron chi connectivity index (χ3n) is 5.95. The summed E-state index contributed by atoms with van der Waals surface area (Å²) in [5.74, 6) is 2.66. The van der Waals surface area contributed by atoms with E-state index in [9.17, 15) is 4.79 Å². The van der Waals surface area contributed by atoms with E-state index in [1.165, 1.54) is 5.56 Å². The average molecular weight is 426 g/mol. The fraction of sp³-hybridized carbons (Fsp3) is 0.542. The number of ether oxygens (including phenoxy) is 3. The van der Waals surface area contributed by atoms with Crippen LogP contribution >= 0.6 is 0 Å². The summed E-state index contributed by atoms with van der Waals surface area (Å²) in [6.45, 7) is 8.18. The van der Waals surface area contributed by atoms with Crippen molar-refractivity contribution in [1.82, 2.24) is 9.97 Å². The molecular weight excluding hydrogens is 394 g/mol. The van der Waals surface area contributed by atoms with E-state index in [2.05, 4.69) is 42.9 Å². The van der Waals surface area contributed by atoms with Gasteiger partial charge in [-0.2, -0.15) is 0 Å². The molecule has 4 rings (SSSR count). The number of nitrogens with zero attached hydrogens (tertiary/aromatic N) is 3. The summed E-state index contributed by atoms with van der Waals surface area (Å²) in [6.07, 6.45) is 4.23. The van der Waals surface area contributed by atoms with Gasteiger partial charge in [-0.25, -0.2) is 14.8 Å². The van der Waals surface area contributed by atoms with Crippen molar-refractivity contribution in [2.45, 2.75) is 58.1 Å². The van der Waals surface area contributed by atoms with E-state index in [-0.39, 0.29) is 30.1 Å². The summed E-state index contributed by atoms with van der Waals surface area (Å²) >= 11 is 0. The number of carbonyl (C=O) groups is 1. The molecule has 2 aromatic rings. The fourth-order valence-electron chi connectivity index (χ4n) is 4.09. The highest BCUT2D eigenvalue weighted by atomic mass is 16.6. The standard InChI is InChI=1S/C24H31N3O4/c1-16(2)21-15-30-24(28)27(21)23-9-10-25-22(26-23)12-17(3)18-6-4-7-19(13-18)31-20-8-5-11-29-14-20/h4,6-7,9-10,13,16-17,20-21H,5,8,11-12,14-15H2,1-3H3/t17-,20?,21-/m1/s1. The van der Waals surface area contributed by atoms with Gasteiger partial charge in [-0.05, 0) is 48.4 Å². The van der Waals surface area contributed by atoms with E-state index >= 15 is 0 Å². The van der Waals surface area contributed by atoms with Gasteiger partial charge >= 0.3 is 6.09 Å². The average Bonchev–Trinajstić information content (AvgIpc) is 3.16. The first-order valence-corrected chi connectivity index (χ1v) is 11.1. The first-order valence-electron chi connectivity index (χ1n) is 11.1. The molecule has 3 atom stereocenters. The number of anilines is 1. The van der Waals surface area contributed by atoms with Crippen LogP contribution in [0.25, 0.3) is 0 Å². The zero-order valence-corrected chi connectivity index (χ0v) is 18.5. The van der Waals surface area contributed by atoms with Crippen molar-refractivity contribution in [3.05, 3.63) is 47.9 Å². The molecule has 7 nitrogen and oxygen atoms in total. The molecule has 3 heterocycles. The topological polar surface area (TPSA) is 73.8 Å². The lowest BCUT2D eigenvalue weighted by Gasteiger charge is -2.24. The number of carbonyl (C=O) groups excluding carboxylic acids is 1. The number of cyclic esters (lactones) is 1. The largest absolute Gasteiger partial charge is 0.488 e. The molecule has 31 heavy (non-hydrogen) atoms. The lowest BCUT2D eigenvalue weighted by atomic mass is 9.97. The summed E-state index contributed by atoms with van der Waals surface area (Å²) in [5, 5.41) is 0. The summed E-state index contributed by atoms with van der Waals surface area (Å²) in [7, 11) is 0. The van der Waals surface area contributed by atoms with Crippen molar-refractivity contribution in [2.75, 3.05) is 24.7 Å². The molecule has 0 bridgehead atoms. The number of hydrogen-bond acceptors (Lipinski definition) is 6. The van der Waals surface area contributed by atoms with E-state index in [4.69, 9.17) is 14.2 Å². The Morgan fingerprint density at radius 3 is 2.87 bits per heavy atom. The van der Waals surface area contributed by atoms with Gasteiger partial charge in [0.2, 0.25) is 0 Å². The van der Waals surface area contributed by atoms with Crippen LogP contribution in [0.3, 0.4) is 0 Å². The first-order chi connectivity index (χ1) is 15.0. The number of rotatable bonds is 7. The molecule has 1 aromatic heterocycles. The van der Waals surface area contributed by atoms with E-state index < -0.39 is 0 Å². The summed E-state index contributed by atoms with van der Waals surface area (Å²) in [4.78, 5) is 23.1. The molecule has 2 saturated heterocycles. The molecule has 0 N–H and O–H groups in total. The Balaban J connectivity index is 1.45. The van der Waals surface area contributed by atoms with Gasteiger partial charge in [0.05, 0.1) is 12.6 Å². The molecule has 1 unspecified atom stereocenters. The molecule has 0 spiro atoms. The van der Waals surface area contributed by atoms with Gasteiger partial charge in [-0.1, -0.05) is 32.9 Å². The van der Waals surface area contributed by atoms with Gasteiger partial charge < -0.3 is 14.2 Å². The zero-order valence-electron chi connectivity index (χ0n) is 18.5. The first kappa shape index (κ1) is 21.6. The Morgan fingerprint density at radius 1 is 1.23 bits per heavy atom. The van der Waals surface area contributed by atoms with Crippen LogP contribution < -0.4 is 9.64 Å². The molecule has 2 aliphatic rings. The monoisotopic (exact) mass is 425 g/mol. The second-order valence-corrected chi connectivity index (χ2v) is 8.72. The Hall–Kier alpha value is -2.67. The lowest BCUT2D eigenvalue weighted by Crippen LogP contribution is -2.37. The Morgan fingerprint density at radius 2 is 2.10 bits per heavy atom. The quantitative estimate of drug-likeness (QED) is 0.656. The second-order valence-electron chi connectivity index (χ2n) is 8.72. The van der Waals surface area contributed by atoms with Gasteiger partial charge in [-0.15, -0.1) is 0 Å². The van der Waals surface area contributed by atoms with E-state index in [0.29, 0.717) is 31.3 Å². The van der Waals surface area contributed by atoms with Gasteiger partial charge in [0.25, 0.3) is 0 Å². The van der Waals surface area contributed by atoms with Crippen LogP contribution in [0.1, 0.15) is 50.9 Å². The molecule has 7 heteroatoms. The van der Waals surface area contributed by atoms with Crippen LogP contribution in [0.5, 0.6) is 5.75 Å². The molecule has 1 aromatic carbocycles.